The van der Waals surface area contributed by atoms with E-state index in [9.17, 15) is 9.59 Å². The van der Waals surface area contributed by atoms with Crippen LogP contribution in [-0.2, 0) is 11.3 Å². The van der Waals surface area contributed by atoms with Gasteiger partial charge in [0.15, 0.2) is 0 Å². The van der Waals surface area contributed by atoms with Crippen LogP contribution in [0.1, 0.15) is 52.6 Å². The zero-order chi connectivity index (χ0) is 19.9. The number of carbonyl (C=O) groups excluding carboxylic acids is 2. The summed E-state index contributed by atoms with van der Waals surface area (Å²) in [6.07, 6.45) is 6.60. The number of aryl methyl sites for hydroxylation is 1. The highest BCUT2D eigenvalue weighted by molar-refractivity contribution is 5.95. The molecule has 0 spiro atoms. The maximum absolute atomic E-state index is 12.7. The first-order chi connectivity index (χ1) is 13.6. The van der Waals surface area contributed by atoms with Gasteiger partial charge in [-0.3, -0.25) is 14.6 Å². The van der Waals surface area contributed by atoms with Crippen molar-refractivity contribution in [3.8, 4) is 0 Å². The average Bonchev–Trinajstić information content (AvgIpc) is 2.73. The van der Waals surface area contributed by atoms with Crippen LogP contribution in [0.3, 0.4) is 0 Å². The topological polar surface area (TPSA) is 108 Å². The molecule has 148 valence electrons. The maximum atomic E-state index is 12.7. The minimum Gasteiger partial charge on any atom is -0.396 e. The van der Waals surface area contributed by atoms with Crippen LogP contribution in [0.15, 0.2) is 30.7 Å². The molecule has 0 aliphatic carbocycles. The van der Waals surface area contributed by atoms with Crippen molar-refractivity contribution in [2.45, 2.75) is 38.6 Å². The fourth-order valence-electron chi connectivity index (χ4n) is 3.41. The molecule has 0 aromatic carbocycles. The second-order valence-electron chi connectivity index (χ2n) is 6.89. The van der Waals surface area contributed by atoms with E-state index in [1.54, 1.807) is 30.4 Å². The number of rotatable bonds is 6. The second kappa shape index (κ2) is 9.36. The summed E-state index contributed by atoms with van der Waals surface area (Å²) in [4.78, 5) is 39.3. The molecule has 0 saturated carbocycles. The quantitative estimate of drug-likeness (QED) is 0.776. The Balaban J connectivity index is 1.69. The summed E-state index contributed by atoms with van der Waals surface area (Å²) >= 11 is 0. The lowest BCUT2D eigenvalue weighted by molar-refractivity contribution is -0.132. The number of aromatic nitrogens is 3. The minimum absolute atomic E-state index is 0.0331. The van der Waals surface area contributed by atoms with Gasteiger partial charge in [-0.2, -0.15) is 0 Å². The summed E-state index contributed by atoms with van der Waals surface area (Å²) in [5.74, 6) is 0.475. The number of likely N-dealkylation sites (tertiary alicyclic amines) is 1. The number of amides is 2. The first-order valence-electron chi connectivity index (χ1n) is 9.47. The van der Waals surface area contributed by atoms with Crippen molar-refractivity contribution in [1.82, 2.24) is 25.2 Å². The molecule has 0 radical (unpaired) electrons. The number of hydrogen-bond donors (Lipinski definition) is 2. The van der Waals surface area contributed by atoms with E-state index in [0.717, 1.165) is 24.1 Å². The largest absolute Gasteiger partial charge is 0.396 e. The third-order valence-corrected chi connectivity index (χ3v) is 4.92. The molecule has 1 fully saturated rings. The van der Waals surface area contributed by atoms with Crippen LogP contribution in [0.4, 0.5) is 0 Å². The molecule has 2 amide bonds. The van der Waals surface area contributed by atoms with Gasteiger partial charge in [-0.15, -0.1) is 0 Å². The molecule has 8 heteroatoms. The Bertz CT molecular complexity index is 820. The van der Waals surface area contributed by atoms with Gasteiger partial charge in [0.2, 0.25) is 5.91 Å². The summed E-state index contributed by atoms with van der Waals surface area (Å²) < 4.78 is 0. The van der Waals surface area contributed by atoms with Gasteiger partial charge in [0.1, 0.15) is 5.82 Å². The fraction of sp³-hybridized carbons (Fsp3) is 0.450. The number of aliphatic hydroxyl groups is 1. The number of nitrogens with one attached hydrogen (secondary N) is 1. The summed E-state index contributed by atoms with van der Waals surface area (Å²) in [6.45, 7) is 3.26. The maximum Gasteiger partial charge on any atom is 0.254 e. The van der Waals surface area contributed by atoms with Crippen molar-refractivity contribution in [2.75, 3.05) is 19.7 Å². The van der Waals surface area contributed by atoms with E-state index in [2.05, 4.69) is 20.3 Å². The zero-order valence-electron chi connectivity index (χ0n) is 16.0. The predicted octanol–water partition coefficient (Wildman–Crippen LogP) is 1.20. The number of nitrogens with zero attached hydrogens (tertiary/aromatic N) is 4. The molecule has 1 saturated heterocycles. The molecular weight excluding hydrogens is 358 g/mol. The SMILES string of the molecule is Cc1ncc(C(=O)NCc2cccnc2)c(C2CCN(C(=O)CCO)CC2)n1. The van der Waals surface area contributed by atoms with E-state index in [4.69, 9.17) is 5.11 Å². The number of carbonyl (C=O) groups is 2. The lowest BCUT2D eigenvalue weighted by atomic mass is 9.90. The van der Waals surface area contributed by atoms with Gasteiger partial charge >= 0.3 is 0 Å². The lowest BCUT2D eigenvalue weighted by Gasteiger charge is -2.32. The standard InChI is InChI=1S/C20H25N5O3/c1-14-22-13-17(20(28)23-12-15-3-2-7-21-11-15)19(24-14)16-4-8-25(9-5-16)18(27)6-10-26/h2-3,7,11,13,16,26H,4-6,8-10,12H2,1H3,(H,23,28). The summed E-state index contributed by atoms with van der Waals surface area (Å²) in [5, 5.41) is 11.9. The van der Waals surface area contributed by atoms with Crippen LogP contribution in [0.25, 0.3) is 0 Å². The molecule has 3 heterocycles. The normalized spacial score (nSPS) is 14.7. The second-order valence-corrected chi connectivity index (χ2v) is 6.89. The Kier molecular flexibility index (Phi) is 6.65. The highest BCUT2D eigenvalue weighted by Gasteiger charge is 2.28. The van der Waals surface area contributed by atoms with Crippen LogP contribution >= 0.6 is 0 Å². The molecule has 0 unspecified atom stereocenters. The average molecular weight is 383 g/mol. The van der Waals surface area contributed by atoms with Crippen molar-refractivity contribution in [1.29, 1.82) is 0 Å². The van der Waals surface area contributed by atoms with E-state index in [1.165, 1.54) is 0 Å². The van der Waals surface area contributed by atoms with Crippen LogP contribution in [0.5, 0.6) is 0 Å². The van der Waals surface area contributed by atoms with E-state index in [-0.39, 0.29) is 30.8 Å². The van der Waals surface area contributed by atoms with E-state index >= 15 is 0 Å². The zero-order valence-corrected chi connectivity index (χ0v) is 16.0. The monoisotopic (exact) mass is 383 g/mol. The molecule has 8 nitrogen and oxygen atoms in total. The summed E-state index contributed by atoms with van der Waals surface area (Å²) in [7, 11) is 0. The van der Waals surface area contributed by atoms with Gasteiger partial charge in [-0.1, -0.05) is 6.07 Å². The third-order valence-electron chi connectivity index (χ3n) is 4.92. The van der Waals surface area contributed by atoms with Crippen molar-refractivity contribution in [3.63, 3.8) is 0 Å². The van der Waals surface area contributed by atoms with Gasteiger partial charge in [0.05, 0.1) is 17.9 Å². The third kappa shape index (κ3) is 4.89. The Labute approximate surface area is 164 Å². The summed E-state index contributed by atoms with van der Waals surface area (Å²) in [6, 6.07) is 3.73. The van der Waals surface area contributed by atoms with Crippen molar-refractivity contribution in [3.05, 3.63) is 53.4 Å². The summed E-state index contributed by atoms with van der Waals surface area (Å²) in [5.41, 5.74) is 2.14. The molecule has 0 atom stereocenters. The van der Waals surface area contributed by atoms with E-state index < -0.39 is 0 Å². The highest BCUT2D eigenvalue weighted by Crippen LogP contribution is 2.29. The fourth-order valence-corrected chi connectivity index (χ4v) is 3.41. The molecule has 2 N–H and O–H groups in total. The molecule has 3 rings (SSSR count). The lowest BCUT2D eigenvalue weighted by Crippen LogP contribution is -2.38. The van der Waals surface area contributed by atoms with Crippen molar-refractivity contribution < 1.29 is 14.7 Å². The van der Waals surface area contributed by atoms with Crippen LogP contribution in [-0.4, -0.2) is 56.5 Å². The van der Waals surface area contributed by atoms with Gasteiger partial charge in [0.25, 0.3) is 5.91 Å². The van der Waals surface area contributed by atoms with Crippen molar-refractivity contribution in [2.24, 2.45) is 0 Å². The Morgan fingerprint density at radius 1 is 1.29 bits per heavy atom. The molecule has 1 aliphatic heterocycles. The van der Waals surface area contributed by atoms with Crippen molar-refractivity contribution >= 4 is 11.8 Å². The molecular formula is C20H25N5O3. The molecule has 0 bridgehead atoms. The molecule has 2 aromatic heterocycles. The molecule has 2 aromatic rings. The van der Waals surface area contributed by atoms with Crippen LogP contribution < -0.4 is 5.32 Å². The highest BCUT2D eigenvalue weighted by atomic mass is 16.3. The molecule has 1 aliphatic rings. The molecule has 28 heavy (non-hydrogen) atoms. The minimum atomic E-state index is -0.211. The number of aliphatic hydroxyl groups excluding tert-OH is 1. The van der Waals surface area contributed by atoms with Gasteiger partial charge < -0.3 is 15.3 Å². The van der Waals surface area contributed by atoms with E-state index in [0.29, 0.717) is 31.0 Å². The predicted molar refractivity (Wildman–Crippen MR) is 102 cm³/mol. The Hall–Kier alpha value is -2.87. The Morgan fingerprint density at radius 3 is 2.75 bits per heavy atom. The first kappa shape index (κ1) is 19.9. The van der Waals surface area contributed by atoms with Gasteiger partial charge in [-0.25, -0.2) is 9.97 Å². The number of pyridine rings is 1. The first-order valence-corrected chi connectivity index (χ1v) is 9.47. The van der Waals surface area contributed by atoms with E-state index in [1.807, 2.05) is 12.1 Å². The van der Waals surface area contributed by atoms with Crippen LogP contribution in [0.2, 0.25) is 0 Å². The van der Waals surface area contributed by atoms with Gasteiger partial charge in [0, 0.05) is 50.6 Å². The number of piperidine rings is 1. The van der Waals surface area contributed by atoms with Gasteiger partial charge in [-0.05, 0) is 31.4 Å². The van der Waals surface area contributed by atoms with Crippen LogP contribution in [0, 0.1) is 6.92 Å². The Morgan fingerprint density at radius 2 is 2.07 bits per heavy atom. The number of hydrogen-bond acceptors (Lipinski definition) is 6. The smallest absolute Gasteiger partial charge is 0.254 e.